The Balaban J connectivity index is 0.00000225. The second kappa shape index (κ2) is 7.96. The van der Waals surface area contributed by atoms with Gasteiger partial charge in [-0.25, -0.2) is 0 Å². The van der Waals surface area contributed by atoms with Gasteiger partial charge in [-0.05, 0) is 60.3 Å². The van der Waals surface area contributed by atoms with Crippen molar-refractivity contribution in [3.05, 3.63) is 29.3 Å². The summed E-state index contributed by atoms with van der Waals surface area (Å²) in [7, 11) is 0. The maximum Gasteiger partial charge on any atom is 0.260 e. The van der Waals surface area contributed by atoms with Gasteiger partial charge < -0.3 is 15.4 Å². The summed E-state index contributed by atoms with van der Waals surface area (Å²) < 4.78 is 5.74. The molecule has 1 aromatic carbocycles. The molecule has 0 spiro atoms. The highest BCUT2D eigenvalue weighted by Gasteiger charge is 2.35. The number of benzene rings is 1. The number of hydrogen-bond acceptors (Lipinski definition) is 3. The molecule has 2 atom stereocenters. The van der Waals surface area contributed by atoms with Crippen molar-refractivity contribution in [2.45, 2.75) is 52.5 Å². The van der Waals surface area contributed by atoms with Crippen LogP contribution in [0.3, 0.4) is 0 Å². The fourth-order valence-electron chi connectivity index (χ4n) is 3.98. The third kappa shape index (κ3) is 5.11. The van der Waals surface area contributed by atoms with Gasteiger partial charge in [0.05, 0.1) is 0 Å². The Bertz CT molecular complexity index is 612. The number of aryl methyl sites for hydroxylation is 2. The molecule has 5 heteroatoms. The van der Waals surface area contributed by atoms with Crippen LogP contribution in [0.4, 0.5) is 0 Å². The van der Waals surface area contributed by atoms with Crippen molar-refractivity contribution in [1.29, 1.82) is 0 Å². The third-order valence-electron chi connectivity index (χ3n) is 5.15. The van der Waals surface area contributed by atoms with Gasteiger partial charge in [0.15, 0.2) is 6.61 Å². The number of amides is 1. The lowest BCUT2D eigenvalue weighted by molar-refractivity contribution is -0.132. The number of fused-ring (bicyclic) bond motifs is 1. The Kier molecular flexibility index (Phi) is 6.39. The number of nitrogens with two attached hydrogens (primary N) is 1. The van der Waals surface area contributed by atoms with E-state index in [1.165, 1.54) is 17.5 Å². The molecule has 1 aliphatic carbocycles. The maximum absolute atomic E-state index is 12.5. The van der Waals surface area contributed by atoms with Crippen molar-refractivity contribution in [3.63, 3.8) is 0 Å². The van der Waals surface area contributed by atoms with E-state index in [-0.39, 0.29) is 36.4 Å². The monoisotopic (exact) mass is 366 g/mol. The van der Waals surface area contributed by atoms with Gasteiger partial charge in [0, 0.05) is 19.1 Å². The van der Waals surface area contributed by atoms with Gasteiger partial charge in [-0.2, -0.15) is 0 Å². The summed E-state index contributed by atoms with van der Waals surface area (Å²) in [5.41, 5.74) is 9.28. The van der Waals surface area contributed by atoms with Crippen molar-refractivity contribution < 1.29 is 9.53 Å². The molecule has 2 N–H and O–H groups in total. The summed E-state index contributed by atoms with van der Waals surface area (Å²) in [6.07, 6.45) is 4.55. The van der Waals surface area contributed by atoms with Crippen LogP contribution in [0.5, 0.6) is 5.75 Å². The van der Waals surface area contributed by atoms with Crippen molar-refractivity contribution in [3.8, 4) is 5.75 Å². The summed E-state index contributed by atoms with van der Waals surface area (Å²) in [5, 5.41) is 0. The van der Waals surface area contributed by atoms with E-state index >= 15 is 0 Å². The van der Waals surface area contributed by atoms with Gasteiger partial charge in [-0.15, -0.1) is 12.4 Å². The summed E-state index contributed by atoms with van der Waals surface area (Å²) in [6, 6.07) is 6.28. The molecule has 1 fully saturated rings. The molecule has 4 nitrogen and oxygen atoms in total. The van der Waals surface area contributed by atoms with E-state index in [0.29, 0.717) is 12.5 Å². The molecule has 1 amide bonds. The number of halogens is 1. The first kappa shape index (κ1) is 20.1. The van der Waals surface area contributed by atoms with E-state index in [9.17, 15) is 4.79 Å². The molecule has 25 heavy (non-hydrogen) atoms. The number of nitrogens with zero attached hydrogens (tertiary/aromatic N) is 1. The van der Waals surface area contributed by atoms with Crippen LogP contribution in [0.15, 0.2) is 18.2 Å². The SMILES string of the molecule is CC(C)(C)CC1CN(C(=O)COc2ccc3c(c2)CCC3)CC1N.Cl. The summed E-state index contributed by atoms with van der Waals surface area (Å²) in [6.45, 7) is 8.18. The Labute approximate surface area is 157 Å². The number of hydrogen-bond donors (Lipinski definition) is 1. The molecule has 3 rings (SSSR count). The fraction of sp³-hybridized carbons (Fsp3) is 0.650. The van der Waals surface area contributed by atoms with Crippen LogP contribution < -0.4 is 10.5 Å². The second-order valence-electron chi connectivity index (χ2n) is 8.56. The molecule has 0 bridgehead atoms. The molecule has 1 aromatic rings. The molecule has 140 valence electrons. The molecular weight excluding hydrogens is 336 g/mol. The van der Waals surface area contributed by atoms with Gasteiger partial charge in [0.2, 0.25) is 0 Å². The highest BCUT2D eigenvalue weighted by atomic mass is 35.5. The zero-order valence-corrected chi connectivity index (χ0v) is 16.4. The first-order chi connectivity index (χ1) is 11.3. The van der Waals surface area contributed by atoms with Crippen LogP contribution in [0, 0.1) is 11.3 Å². The van der Waals surface area contributed by atoms with Gasteiger partial charge in [0.1, 0.15) is 5.75 Å². The van der Waals surface area contributed by atoms with E-state index in [2.05, 4.69) is 32.9 Å². The lowest BCUT2D eigenvalue weighted by Gasteiger charge is -2.24. The predicted molar refractivity (Wildman–Crippen MR) is 103 cm³/mol. The normalized spacial score (nSPS) is 22.5. The quantitative estimate of drug-likeness (QED) is 0.890. The van der Waals surface area contributed by atoms with Crippen LogP contribution in [0.1, 0.15) is 44.7 Å². The predicted octanol–water partition coefficient (Wildman–Crippen LogP) is 3.20. The Morgan fingerprint density at radius 3 is 2.68 bits per heavy atom. The molecule has 0 radical (unpaired) electrons. The Morgan fingerprint density at radius 1 is 1.24 bits per heavy atom. The third-order valence-corrected chi connectivity index (χ3v) is 5.15. The molecule has 1 saturated heterocycles. The van der Waals surface area contributed by atoms with E-state index in [0.717, 1.165) is 31.6 Å². The molecular formula is C20H31ClN2O2. The average Bonchev–Trinajstić information content (AvgIpc) is 3.10. The fourth-order valence-corrected chi connectivity index (χ4v) is 3.98. The average molecular weight is 367 g/mol. The summed E-state index contributed by atoms with van der Waals surface area (Å²) >= 11 is 0. The minimum absolute atomic E-state index is 0. The van der Waals surface area contributed by atoms with E-state index in [1.807, 2.05) is 11.0 Å². The number of ether oxygens (including phenoxy) is 1. The second-order valence-corrected chi connectivity index (χ2v) is 8.56. The highest BCUT2D eigenvalue weighted by Crippen LogP contribution is 2.30. The number of carbonyl (C=O) groups excluding carboxylic acids is 1. The lowest BCUT2D eigenvalue weighted by atomic mass is 9.83. The lowest BCUT2D eigenvalue weighted by Crippen LogP contribution is -2.35. The van der Waals surface area contributed by atoms with Gasteiger partial charge in [0.25, 0.3) is 5.91 Å². The van der Waals surface area contributed by atoms with Crippen LogP contribution >= 0.6 is 12.4 Å². The molecule has 0 aromatic heterocycles. The minimum Gasteiger partial charge on any atom is -0.484 e. The van der Waals surface area contributed by atoms with Crippen LogP contribution in [-0.2, 0) is 17.6 Å². The number of carbonyl (C=O) groups is 1. The van der Waals surface area contributed by atoms with Crippen LogP contribution in [0.2, 0.25) is 0 Å². The minimum atomic E-state index is 0. The van der Waals surface area contributed by atoms with Gasteiger partial charge in [-0.1, -0.05) is 26.8 Å². The van der Waals surface area contributed by atoms with Gasteiger partial charge in [-0.3, -0.25) is 4.79 Å². The molecule has 1 aliphatic heterocycles. The van der Waals surface area contributed by atoms with Crippen molar-refractivity contribution in [2.75, 3.05) is 19.7 Å². The first-order valence-corrected chi connectivity index (χ1v) is 9.10. The topological polar surface area (TPSA) is 55.6 Å². The van der Waals surface area contributed by atoms with Crippen LogP contribution in [0.25, 0.3) is 0 Å². The first-order valence-electron chi connectivity index (χ1n) is 9.10. The zero-order valence-electron chi connectivity index (χ0n) is 15.6. The molecule has 1 heterocycles. The molecule has 2 unspecified atom stereocenters. The smallest absolute Gasteiger partial charge is 0.260 e. The number of likely N-dealkylation sites (tertiary alicyclic amines) is 1. The van der Waals surface area contributed by atoms with Crippen molar-refractivity contribution >= 4 is 18.3 Å². The Morgan fingerprint density at radius 2 is 1.96 bits per heavy atom. The molecule has 2 aliphatic rings. The highest BCUT2D eigenvalue weighted by molar-refractivity contribution is 5.85. The van der Waals surface area contributed by atoms with Crippen molar-refractivity contribution in [1.82, 2.24) is 4.90 Å². The van der Waals surface area contributed by atoms with Crippen LogP contribution in [-0.4, -0.2) is 36.5 Å². The molecule has 0 saturated carbocycles. The largest absolute Gasteiger partial charge is 0.484 e. The summed E-state index contributed by atoms with van der Waals surface area (Å²) in [4.78, 5) is 14.3. The van der Waals surface area contributed by atoms with E-state index in [1.54, 1.807) is 0 Å². The standard InChI is InChI=1S/C20H30N2O2.ClH/c1-20(2,3)10-16-11-22(12-18(16)21)19(23)13-24-17-8-7-14-5-4-6-15(14)9-17;/h7-9,16,18H,4-6,10-13,21H2,1-3H3;1H. The summed E-state index contributed by atoms with van der Waals surface area (Å²) in [5.74, 6) is 1.23. The zero-order chi connectivity index (χ0) is 17.3. The maximum atomic E-state index is 12.5. The van der Waals surface area contributed by atoms with E-state index < -0.39 is 0 Å². The van der Waals surface area contributed by atoms with Gasteiger partial charge >= 0.3 is 0 Å². The van der Waals surface area contributed by atoms with Crippen molar-refractivity contribution in [2.24, 2.45) is 17.1 Å². The van der Waals surface area contributed by atoms with E-state index in [4.69, 9.17) is 10.5 Å². The Hall–Kier alpha value is -1.26. The number of rotatable bonds is 4.